The second kappa shape index (κ2) is 6.07. The Hall–Kier alpha value is -2.18. The summed E-state index contributed by atoms with van der Waals surface area (Å²) in [5, 5.41) is 13.6. The maximum Gasteiger partial charge on any atom is 0.319 e. The van der Waals surface area contributed by atoms with Gasteiger partial charge >= 0.3 is 5.69 Å². The number of hydrogen-bond donors (Lipinski definition) is 1. The van der Waals surface area contributed by atoms with E-state index < -0.39 is 16.5 Å². The van der Waals surface area contributed by atoms with Crippen molar-refractivity contribution in [3.05, 3.63) is 61.9 Å². The number of nitrogens with zero attached hydrogens (tertiary/aromatic N) is 2. The van der Waals surface area contributed by atoms with E-state index in [1.54, 1.807) is 25.1 Å². The van der Waals surface area contributed by atoms with E-state index in [1.165, 1.54) is 12.3 Å². The maximum atomic E-state index is 12.2. The predicted molar refractivity (Wildman–Crippen MR) is 80.0 cm³/mol. The van der Waals surface area contributed by atoms with Gasteiger partial charge in [0.05, 0.1) is 15.6 Å². The number of aryl methyl sites for hydroxylation is 1. The van der Waals surface area contributed by atoms with E-state index in [4.69, 9.17) is 23.2 Å². The number of nitrogens with one attached hydrogen (secondary N) is 1. The monoisotopic (exact) mass is 325 g/mol. The number of hydrogen-bond acceptors (Lipinski definition) is 4. The van der Waals surface area contributed by atoms with Crippen molar-refractivity contribution >= 4 is 40.5 Å². The molecule has 0 aliphatic carbocycles. The number of pyridine rings is 1. The Morgan fingerprint density at radius 3 is 2.67 bits per heavy atom. The third-order valence-corrected chi connectivity index (χ3v) is 3.36. The summed E-state index contributed by atoms with van der Waals surface area (Å²) in [5.74, 6) is -0.679. The first-order chi connectivity index (χ1) is 9.91. The Morgan fingerprint density at radius 2 is 2.05 bits per heavy atom. The summed E-state index contributed by atoms with van der Waals surface area (Å²) in [4.78, 5) is 26.1. The molecular formula is C13H9Cl2N3O3. The lowest BCUT2D eigenvalue weighted by Crippen LogP contribution is -2.15. The molecule has 0 unspecified atom stereocenters. The van der Waals surface area contributed by atoms with Crippen molar-refractivity contribution in [2.45, 2.75) is 6.92 Å². The average Bonchev–Trinajstić information content (AvgIpc) is 2.42. The Balaban J connectivity index is 2.43. The zero-order valence-electron chi connectivity index (χ0n) is 10.8. The number of nitro groups is 1. The first kappa shape index (κ1) is 15.2. The molecule has 0 spiro atoms. The SMILES string of the molecule is Cc1cccc(Cl)c1NC(=O)c1ccnc(Cl)c1[N+](=O)[O-]. The van der Waals surface area contributed by atoms with Gasteiger partial charge in [0, 0.05) is 6.20 Å². The second-order valence-corrected chi connectivity index (χ2v) is 4.91. The van der Waals surface area contributed by atoms with Gasteiger partial charge in [-0.2, -0.15) is 0 Å². The Morgan fingerprint density at radius 1 is 1.33 bits per heavy atom. The van der Waals surface area contributed by atoms with Crippen LogP contribution in [0.3, 0.4) is 0 Å². The molecule has 8 heteroatoms. The number of carbonyl (C=O) groups is 1. The van der Waals surface area contributed by atoms with Gasteiger partial charge < -0.3 is 5.32 Å². The first-order valence-electron chi connectivity index (χ1n) is 5.77. The number of anilines is 1. The molecule has 0 saturated carbocycles. The van der Waals surface area contributed by atoms with Crippen molar-refractivity contribution in [2.75, 3.05) is 5.32 Å². The molecule has 21 heavy (non-hydrogen) atoms. The van der Waals surface area contributed by atoms with Crippen LogP contribution in [-0.2, 0) is 0 Å². The van der Waals surface area contributed by atoms with Crippen LogP contribution in [0.4, 0.5) is 11.4 Å². The highest BCUT2D eigenvalue weighted by molar-refractivity contribution is 6.34. The minimum Gasteiger partial charge on any atom is -0.320 e. The van der Waals surface area contributed by atoms with E-state index >= 15 is 0 Å². The molecule has 2 aromatic rings. The fourth-order valence-corrected chi connectivity index (χ4v) is 2.25. The third kappa shape index (κ3) is 3.12. The summed E-state index contributed by atoms with van der Waals surface area (Å²) in [6.07, 6.45) is 1.23. The number of aromatic nitrogens is 1. The lowest BCUT2D eigenvalue weighted by molar-refractivity contribution is -0.385. The molecule has 0 fully saturated rings. The van der Waals surface area contributed by atoms with Crippen molar-refractivity contribution in [1.29, 1.82) is 0 Å². The molecule has 0 aliphatic rings. The van der Waals surface area contributed by atoms with E-state index in [0.717, 1.165) is 5.56 Å². The molecular weight excluding hydrogens is 317 g/mol. The highest BCUT2D eigenvalue weighted by atomic mass is 35.5. The van der Waals surface area contributed by atoms with Crippen molar-refractivity contribution in [1.82, 2.24) is 4.98 Å². The lowest BCUT2D eigenvalue weighted by Gasteiger charge is -2.10. The van der Waals surface area contributed by atoms with Crippen LogP contribution in [0.15, 0.2) is 30.5 Å². The van der Waals surface area contributed by atoms with Crippen LogP contribution in [0.5, 0.6) is 0 Å². The standard InChI is InChI=1S/C13H9Cl2N3O3/c1-7-3-2-4-9(14)10(7)17-13(19)8-5-6-16-12(15)11(8)18(20)21/h2-6H,1H3,(H,17,19). The number of rotatable bonds is 3. The van der Waals surface area contributed by atoms with Crippen LogP contribution in [0.1, 0.15) is 15.9 Å². The molecule has 1 heterocycles. The Labute approximate surface area is 129 Å². The molecule has 2 rings (SSSR count). The molecule has 0 radical (unpaired) electrons. The van der Waals surface area contributed by atoms with E-state index in [2.05, 4.69) is 10.3 Å². The van der Waals surface area contributed by atoms with Gasteiger partial charge in [0.15, 0.2) is 0 Å². The summed E-state index contributed by atoms with van der Waals surface area (Å²) in [6.45, 7) is 1.76. The Kier molecular flexibility index (Phi) is 4.40. The highest BCUT2D eigenvalue weighted by Crippen LogP contribution is 2.29. The van der Waals surface area contributed by atoms with Gasteiger partial charge in [0.2, 0.25) is 5.15 Å². The van der Waals surface area contributed by atoms with E-state index in [-0.39, 0.29) is 10.7 Å². The summed E-state index contributed by atoms with van der Waals surface area (Å²) in [5.41, 5.74) is 0.408. The average molecular weight is 326 g/mol. The van der Waals surface area contributed by atoms with Gasteiger partial charge in [0.25, 0.3) is 5.91 Å². The summed E-state index contributed by atoms with van der Waals surface area (Å²) >= 11 is 11.7. The minimum absolute atomic E-state index is 0.181. The number of para-hydroxylation sites is 1. The van der Waals surface area contributed by atoms with E-state index in [1.807, 2.05) is 0 Å². The second-order valence-electron chi connectivity index (χ2n) is 4.14. The largest absolute Gasteiger partial charge is 0.320 e. The van der Waals surface area contributed by atoms with Crippen LogP contribution >= 0.6 is 23.2 Å². The fourth-order valence-electron chi connectivity index (χ4n) is 1.76. The van der Waals surface area contributed by atoms with Crippen molar-refractivity contribution < 1.29 is 9.72 Å². The summed E-state index contributed by atoms with van der Waals surface area (Å²) in [7, 11) is 0. The van der Waals surface area contributed by atoms with Crippen molar-refractivity contribution in [3.8, 4) is 0 Å². The summed E-state index contributed by atoms with van der Waals surface area (Å²) < 4.78 is 0. The van der Waals surface area contributed by atoms with E-state index in [9.17, 15) is 14.9 Å². The van der Waals surface area contributed by atoms with Crippen LogP contribution in [-0.4, -0.2) is 15.8 Å². The molecule has 1 aromatic heterocycles. The molecule has 6 nitrogen and oxygen atoms in total. The fraction of sp³-hybridized carbons (Fsp3) is 0.0769. The topological polar surface area (TPSA) is 85.1 Å². The maximum absolute atomic E-state index is 12.2. The molecule has 0 aliphatic heterocycles. The predicted octanol–water partition coefficient (Wildman–Crippen LogP) is 3.86. The van der Waals surface area contributed by atoms with Gasteiger partial charge in [-0.25, -0.2) is 4.98 Å². The van der Waals surface area contributed by atoms with Gasteiger partial charge in [-0.3, -0.25) is 14.9 Å². The van der Waals surface area contributed by atoms with Crippen molar-refractivity contribution in [3.63, 3.8) is 0 Å². The van der Waals surface area contributed by atoms with E-state index in [0.29, 0.717) is 10.7 Å². The molecule has 0 bridgehead atoms. The van der Waals surface area contributed by atoms with Crippen LogP contribution in [0.2, 0.25) is 10.2 Å². The normalized spacial score (nSPS) is 10.2. The van der Waals surface area contributed by atoms with Gasteiger partial charge in [0.1, 0.15) is 5.56 Å². The lowest BCUT2D eigenvalue weighted by atomic mass is 10.1. The number of carbonyl (C=O) groups excluding carboxylic acids is 1. The minimum atomic E-state index is -0.746. The number of benzene rings is 1. The van der Waals surface area contributed by atoms with Crippen LogP contribution in [0.25, 0.3) is 0 Å². The molecule has 1 N–H and O–H groups in total. The zero-order valence-corrected chi connectivity index (χ0v) is 12.3. The molecule has 0 saturated heterocycles. The van der Waals surface area contributed by atoms with Gasteiger partial charge in [-0.05, 0) is 24.6 Å². The first-order valence-corrected chi connectivity index (χ1v) is 6.52. The Bertz CT molecular complexity index is 714. The number of amides is 1. The van der Waals surface area contributed by atoms with Gasteiger partial charge in [-0.15, -0.1) is 0 Å². The van der Waals surface area contributed by atoms with Crippen LogP contribution < -0.4 is 5.32 Å². The van der Waals surface area contributed by atoms with Crippen LogP contribution in [0, 0.1) is 17.0 Å². The molecule has 108 valence electrons. The highest BCUT2D eigenvalue weighted by Gasteiger charge is 2.25. The molecule has 1 amide bonds. The summed E-state index contributed by atoms with van der Waals surface area (Å²) in [6, 6.07) is 6.33. The van der Waals surface area contributed by atoms with Gasteiger partial charge in [-0.1, -0.05) is 35.3 Å². The molecule has 1 aromatic carbocycles. The van der Waals surface area contributed by atoms with Crippen molar-refractivity contribution in [2.24, 2.45) is 0 Å². The third-order valence-electron chi connectivity index (χ3n) is 2.77. The number of halogens is 2. The quantitative estimate of drug-likeness (QED) is 0.527. The smallest absolute Gasteiger partial charge is 0.319 e. The zero-order chi connectivity index (χ0) is 15.6. The molecule has 0 atom stereocenters.